The molecule has 0 aliphatic rings. The van der Waals surface area contributed by atoms with E-state index < -0.39 is 0 Å². The van der Waals surface area contributed by atoms with Gasteiger partial charge in [-0.05, 0) is 19.4 Å². The fourth-order valence-corrected chi connectivity index (χ4v) is 0.916. The van der Waals surface area contributed by atoms with E-state index >= 15 is 0 Å². The van der Waals surface area contributed by atoms with Crippen molar-refractivity contribution in [2.45, 2.75) is 20.5 Å². The zero-order valence-corrected chi connectivity index (χ0v) is 8.84. The van der Waals surface area contributed by atoms with Gasteiger partial charge in [0.15, 0.2) is 0 Å². The molecule has 0 aromatic heterocycles. The Kier molecular flexibility index (Phi) is 4.34. The largest absolute Gasteiger partial charge is 0.411 e. The molecule has 1 rings (SSSR count). The van der Waals surface area contributed by atoms with Crippen molar-refractivity contribution in [1.29, 1.82) is 0 Å². The maximum absolute atomic E-state index is 8.47. The minimum absolute atomic E-state index is 0.414. The minimum Gasteiger partial charge on any atom is -0.411 e. The zero-order chi connectivity index (χ0) is 11.1. The maximum atomic E-state index is 8.47. The zero-order valence-electron chi connectivity index (χ0n) is 8.84. The maximum Gasteiger partial charge on any atom is 0.142 e. The topological polar surface area (TPSA) is 54.2 Å². The minimum atomic E-state index is 0.414. The first kappa shape index (κ1) is 11.2. The van der Waals surface area contributed by atoms with E-state index in [4.69, 9.17) is 10.0 Å². The molecular formula is C11H14N2O2. The second-order valence-electron chi connectivity index (χ2n) is 3.12. The van der Waals surface area contributed by atoms with Crippen molar-refractivity contribution < 1.29 is 10.0 Å². The number of rotatable bonds is 4. The van der Waals surface area contributed by atoms with Crippen LogP contribution >= 0.6 is 0 Å². The summed E-state index contributed by atoms with van der Waals surface area (Å²) in [6.07, 6.45) is 0. The average molecular weight is 206 g/mol. The number of hydrogen-bond acceptors (Lipinski definition) is 4. The Labute approximate surface area is 88.9 Å². The lowest BCUT2D eigenvalue weighted by Gasteiger charge is -2.00. The lowest BCUT2D eigenvalue weighted by molar-refractivity contribution is 0.131. The van der Waals surface area contributed by atoms with Crippen molar-refractivity contribution in [3.05, 3.63) is 35.9 Å². The van der Waals surface area contributed by atoms with Gasteiger partial charge in [0, 0.05) is 0 Å². The molecule has 0 unspecified atom stereocenters. The molecule has 0 radical (unpaired) electrons. The van der Waals surface area contributed by atoms with Gasteiger partial charge in [0.1, 0.15) is 18.0 Å². The molecule has 4 nitrogen and oxygen atoms in total. The SMILES string of the molecule is CC(=NO)C(C)=NOCc1ccccc1. The van der Waals surface area contributed by atoms with Gasteiger partial charge in [0.2, 0.25) is 0 Å². The third-order valence-corrected chi connectivity index (χ3v) is 1.95. The summed E-state index contributed by atoms with van der Waals surface area (Å²) in [5, 5.41) is 15.3. The number of hydrogen-bond donors (Lipinski definition) is 1. The highest BCUT2D eigenvalue weighted by molar-refractivity contribution is 6.40. The van der Waals surface area contributed by atoms with E-state index in [9.17, 15) is 0 Å². The van der Waals surface area contributed by atoms with Crippen LogP contribution in [0.4, 0.5) is 0 Å². The van der Waals surface area contributed by atoms with Crippen molar-refractivity contribution in [3.8, 4) is 0 Å². The van der Waals surface area contributed by atoms with Crippen LogP contribution < -0.4 is 0 Å². The van der Waals surface area contributed by atoms with Crippen LogP contribution in [0.5, 0.6) is 0 Å². The molecule has 15 heavy (non-hydrogen) atoms. The third kappa shape index (κ3) is 3.81. The standard InChI is InChI=1S/C11H14N2O2/c1-9(12-14)10(2)13-15-8-11-6-4-3-5-7-11/h3-7,14H,8H2,1-2H3. The molecule has 0 aliphatic carbocycles. The van der Waals surface area contributed by atoms with Crippen LogP contribution in [0.25, 0.3) is 0 Å². The second kappa shape index (κ2) is 5.80. The quantitative estimate of drug-likeness (QED) is 0.467. The van der Waals surface area contributed by atoms with E-state index in [0.29, 0.717) is 18.0 Å². The third-order valence-electron chi connectivity index (χ3n) is 1.95. The highest BCUT2D eigenvalue weighted by Crippen LogP contribution is 2.00. The Morgan fingerprint density at radius 2 is 1.87 bits per heavy atom. The van der Waals surface area contributed by atoms with Crippen LogP contribution in [-0.2, 0) is 11.4 Å². The molecule has 0 heterocycles. The Balaban J connectivity index is 2.46. The highest BCUT2D eigenvalue weighted by Gasteiger charge is 1.97. The van der Waals surface area contributed by atoms with Crippen LogP contribution in [-0.4, -0.2) is 16.6 Å². The molecular weight excluding hydrogens is 192 g/mol. The van der Waals surface area contributed by atoms with Gasteiger partial charge in [-0.3, -0.25) is 0 Å². The molecule has 1 aromatic carbocycles. The van der Waals surface area contributed by atoms with Gasteiger partial charge in [-0.1, -0.05) is 40.6 Å². The molecule has 1 aromatic rings. The van der Waals surface area contributed by atoms with Crippen molar-refractivity contribution in [1.82, 2.24) is 0 Å². The van der Waals surface area contributed by atoms with Crippen molar-refractivity contribution in [3.63, 3.8) is 0 Å². The smallest absolute Gasteiger partial charge is 0.142 e. The summed E-state index contributed by atoms with van der Waals surface area (Å²) in [6, 6.07) is 9.74. The van der Waals surface area contributed by atoms with Gasteiger partial charge in [-0.2, -0.15) is 0 Å². The lowest BCUT2D eigenvalue weighted by Crippen LogP contribution is -2.06. The average Bonchev–Trinajstić information content (AvgIpc) is 2.29. The van der Waals surface area contributed by atoms with Gasteiger partial charge in [0.05, 0.1) is 0 Å². The Morgan fingerprint density at radius 1 is 1.20 bits per heavy atom. The Morgan fingerprint density at radius 3 is 2.47 bits per heavy atom. The molecule has 80 valence electrons. The monoisotopic (exact) mass is 206 g/mol. The van der Waals surface area contributed by atoms with E-state index in [1.165, 1.54) is 0 Å². The number of benzene rings is 1. The molecule has 0 aliphatic heterocycles. The van der Waals surface area contributed by atoms with Crippen LogP contribution in [0.15, 0.2) is 40.6 Å². The molecule has 0 saturated heterocycles. The Hall–Kier alpha value is -1.84. The summed E-state index contributed by atoms with van der Waals surface area (Å²) >= 11 is 0. The second-order valence-corrected chi connectivity index (χ2v) is 3.12. The molecule has 0 saturated carbocycles. The van der Waals surface area contributed by atoms with Crippen LogP contribution in [0, 0.1) is 0 Å². The van der Waals surface area contributed by atoms with E-state index in [2.05, 4.69) is 10.3 Å². The van der Waals surface area contributed by atoms with E-state index in [-0.39, 0.29) is 0 Å². The molecule has 1 N–H and O–H groups in total. The van der Waals surface area contributed by atoms with Gasteiger partial charge < -0.3 is 10.0 Å². The highest BCUT2D eigenvalue weighted by atomic mass is 16.6. The summed E-state index contributed by atoms with van der Waals surface area (Å²) in [7, 11) is 0. The first-order valence-electron chi connectivity index (χ1n) is 4.63. The predicted octanol–water partition coefficient (Wildman–Crippen LogP) is 2.43. The molecule has 0 bridgehead atoms. The van der Waals surface area contributed by atoms with Crippen molar-refractivity contribution in [2.75, 3.05) is 0 Å². The van der Waals surface area contributed by atoms with Gasteiger partial charge in [0.25, 0.3) is 0 Å². The number of oxime groups is 2. The predicted molar refractivity (Wildman–Crippen MR) is 59.2 cm³/mol. The summed E-state index contributed by atoms with van der Waals surface area (Å²) in [6.45, 7) is 3.79. The summed E-state index contributed by atoms with van der Waals surface area (Å²) in [5.41, 5.74) is 2.06. The first-order valence-corrected chi connectivity index (χ1v) is 4.63. The first-order chi connectivity index (χ1) is 7.24. The van der Waals surface area contributed by atoms with Crippen molar-refractivity contribution in [2.24, 2.45) is 10.3 Å². The molecule has 0 spiro atoms. The van der Waals surface area contributed by atoms with Crippen LogP contribution in [0.2, 0.25) is 0 Å². The van der Waals surface area contributed by atoms with Gasteiger partial charge in [-0.25, -0.2) is 0 Å². The van der Waals surface area contributed by atoms with Gasteiger partial charge >= 0.3 is 0 Å². The van der Waals surface area contributed by atoms with E-state index in [0.717, 1.165) is 5.56 Å². The van der Waals surface area contributed by atoms with E-state index in [1.807, 2.05) is 30.3 Å². The Bertz CT molecular complexity index is 358. The van der Waals surface area contributed by atoms with Gasteiger partial charge in [-0.15, -0.1) is 0 Å². The summed E-state index contributed by atoms with van der Waals surface area (Å²) in [4.78, 5) is 5.10. The van der Waals surface area contributed by atoms with Crippen molar-refractivity contribution >= 4 is 11.4 Å². The summed E-state index contributed by atoms with van der Waals surface area (Å²) in [5.74, 6) is 0. The fourth-order valence-electron chi connectivity index (χ4n) is 0.916. The van der Waals surface area contributed by atoms with Crippen LogP contribution in [0.3, 0.4) is 0 Å². The molecule has 0 atom stereocenters. The molecule has 0 fully saturated rings. The normalized spacial score (nSPS) is 12.7. The summed E-state index contributed by atoms with van der Waals surface area (Å²) < 4.78 is 0. The lowest BCUT2D eigenvalue weighted by atomic mass is 10.2. The fraction of sp³-hybridized carbons (Fsp3) is 0.273. The molecule has 4 heteroatoms. The molecule has 0 amide bonds. The van der Waals surface area contributed by atoms with E-state index in [1.54, 1.807) is 13.8 Å². The number of nitrogens with zero attached hydrogens (tertiary/aromatic N) is 2. The van der Waals surface area contributed by atoms with Crippen LogP contribution in [0.1, 0.15) is 19.4 Å².